The minimum atomic E-state index is 0.00463. The number of likely N-dealkylation sites (N-methyl/N-ethyl adjacent to an activating group) is 3. The van der Waals surface area contributed by atoms with Gasteiger partial charge in [0, 0.05) is 167 Å². The van der Waals surface area contributed by atoms with Gasteiger partial charge in [0.25, 0.3) is 0 Å². The molecule has 79 heavy (non-hydrogen) atoms. The quantitative estimate of drug-likeness (QED) is 0.283. The second-order valence-corrected chi connectivity index (χ2v) is 20.3. The van der Waals surface area contributed by atoms with Crippen LogP contribution in [0.2, 0.25) is 0 Å². The summed E-state index contributed by atoms with van der Waals surface area (Å²) >= 11 is 0. The highest BCUT2D eigenvalue weighted by Gasteiger charge is 2.13. The summed E-state index contributed by atoms with van der Waals surface area (Å²) in [5.74, 6) is 2.21. The first-order valence-corrected chi connectivity index (χ1v) is 29.7. The number of methoxy groups -OCH3 is 1. The summed E-state index contributed by atoms with van der Waals surface area (Å²) in [6.07, 6.45) is 15.3. The number of hydrogen-bond donors (Lipinski definition) is 3. The van der Waals surface area contributed by atoms with Crippen LogP contribution in [0.4, 0.5) is 0 Å². The SMILES string of the molecule is CC.CC(=O)N(C)C.CC(=O)N1CCCC1.CC1CCN(C)CC1.CC1CCOCC1.CCN(C)C.CCN1CCN(C)CC1.CCN1CCNCC1.CCO.CCOC.CNC(C)=O.Cc1cn(C)cn1.Cc1cnn(C)c1. The van der Waals surface area contributed by atoms with Crippen molar-refractivity contribution in [3.63, 3.8) is 0 Å². The van der Waals surface area contributed by atoms with Crippen molar-refractivity contribution in [2.24, 2.45) is 25.9 Å². The van der Waals surface area contributed by atoms with E-state index in [1.807, 2.05) is 76.8 Å². The summed E-state index contributed by atoms with van der Waals surface area (Å²) in [5.41, 5.74) is 2.28. The Morgan fingerprint density at radius 1 is 0.734 bits per heavy atom. The molecule has 3 amide bonds. The molecule has 0 spiro atoms. The Morgan fingerprint density at radius 3 is 1.34 bits per heavy atom. The normalized spacial score (nSPS) is 16.1. The number of aromatic nitrogens is 4. The van der Waals surface area contributed by atoms with Crippen molar-refractivity contribution >= 4 is 17.7 Å². The molecule has 19 nitrogen and oxygen atoms in total. The maximum atomic E-state index is 10.6. The smallest absolute Gasteiger partial charge is 0.219 e. The average molecular weight is 1130 g/mol. The summed E-state index contributed by atoms with van der Waals surface area (Å²) in [6.45, 7) is 48.5. The van der Waals surface area contributed by atoms with E-state index in [9.17, 15) is 14.4 Å². The number of imidazole rings is 1. The number of nitrogens with one attached hydrogen (secondary N) is 2. The lowest BCUT2D eigenvalue weighted by atomic mass is 10.00. The predicted molar refractivity (Wildman–Crippen MR) is 337 cm³/mol. The van der Waals surface area contributed by atoms with Crippen LogP contribution in [0.25, 0.3) is 0 Å². The van der Waals surface area contributed by atoms with Gasteiger partial charge in [0.05, 0.1) is 18.2 Å². The van der Waals surface area contributed by atoms with E-state index in [0.717, 1.165) is 57.0 Å². The van der Waals surface area contributed by atoms with E-state index in [1.54, 1.807) is 53.1 Å². The van der Waals surface area contributed by atoms with Crippen LogP contribution in [0, 0.1) is 25.7 Å². The summed E-state index contributed by atoms with van der Waals surface area (Å²) in [6, 6.07) is 0. The van der Waals surface area contributed by atoms with Gasteiger partial charge in [-0.2, -0.15) is 5.10 Å². The fourth-order valence-electron chi connectivity index (χ4n) is 6.26. The zero-order valence-corrected chi connectivity index (χ0v) is 56.0. The van der Waals surface area contributed by atoms with Crippen LogP contribution in [0.3, 0.4) is 0 Å². The number of ether oxygens (including phenoxy) is 2. The number of aliphatic hydroxyl groups excluding tert-OH is 1. The molecule has 0 unspecified atom stereocenters. The number of carbonyl (C=O) groups excluding carboxylic acids is 3. The van der Waals surface area contributed by atoms with Crippen LogP contribution < -0.4 is 10.6 Å². The number of aryl methyl sites for hydroxylation is 4. The fourth-order valence-corrected chi connectivity index (χ4v) is 6.26. The van der Waals surface area contributed by atoms with Crippen molar-refractivity contribution in [1.82, 2.24) is 64.3 Å². The van der Waals surface area contributed by atoms with Crippen molar-refractivity contribution in [2.75, 3.05) is 181 Å². The Kier molecular flexibility index (Phi) is 69.9. The molecule has 0 bridgehead atoms. The Labute approximate surface area is 487 Å². The van der Waals surface area contributed by atoms with Crippen molar-refractivity contribution < 1.29 is 29.0 Å². The molecule has 0 saturated carbocycles. The lowest BCUT2D eigenvalue weighted by Crippen LogP contribution is -2.44. The number of nitrogens with zero attached hydrogens (tertiary/aromatic N) is 11. The lowest BCUT2D eigenvalue weighted by molar-refractivity contribution is -0.128. The second-order valence-electron chi connectivity index (χ2n) is 20.3. The van der Waals surface area contributed by atoms with Crippen molar-refractivity contribution in [3.8, 4) is 0 Å². The second kappa shape index (κ2) is 63.6. The number of rotatable bonds is 4. The molecule has 7 rings (SSSR count). The van der Waals surface area contributed by atoms with E-state index in [-0.39, 0.29) is 24.3 Å². The van der Waals surface area contributed by atoms with E-state index in [1.165, 1.54) is 141 Å². The van der Waals surface area contributed by atoms with Gasteiger partial charge in [-0.1, -0.05) is 48.5 Å². The number of likely N-dealkylation sites (tertiary alicyclic amines) is 2. The summed E-state index contributed by atoms with van der Waals surface area (Å²) in [7, 11) is 19.1. The molecular formula is C60H131N13O6. The number of hydrogen-bond acceptors (Lipinski definition) is 14. The molecule has 5 aliphatic heterocycles. The minimum Gasteiger partial charge on any atom is -0.397 e. The summed E-state index contributed by atoms with van der Waals surface area (Å²) in [4.78, 5) is 49.6. The molecule has 3 N–H and O–H groups in total. The van der Waals surface area contributed by atoms with E-state index < -0.39 is 0 Å². The highest BCUT2D eigenvalue weighted by atomic mass is 16.5. The third kappa shape index (κ3) is 70.5. The average Bonchev–Trinajstić information content (AvgIpc) is 4.23. The largest absolute Gasteiger partial charge is 0.397 e. The van der Waals surface area contributed by atoms with Gasteiger partial charge in [-0.3, -0.25) is 19.1 Å². The maximum Gasteiger partial charge on any atom is 0.219 e. The van der Waals surface area contributed by atoms with Gasteiger partial charge in [-0.05, 0) is 145 Å². The molecule has 5 fully saturated rings. The summed E-state index contributed by atoms with van der Waals surface area (Å²) < 4.78 is 13.4. The van der Waals surface area contributed by atoms with Crippen LogP contribution in [-0.4, -0.2) is 258 Å². The van der Waals surface area contributed by atoms with Crippen LogP contribution in [0.1, 0.15) is 133 Å². The van der Waals surface area contributed by atoms with E-state index in [2.05, 4.69) is 113 Å². The number of piperazine rings is 2. The Hall–Kier alpha value is -3.53. The molecule has 472 valence electrons. The first-order valence-electron chi connectivity index (χ1n) is 29.7. The topological polar surface area (TPSA) is 172 Å². The van der Waals surface area contributed by atoms with Crippen molar-refractivity contribution in [2.45, 2.75) is 135 Å². The molecule has 5 aliphatic rings. The monoisotopic (exact) mass is 1130 g/mol. The molecule has 2 aromatic heterocycles. The molecule has 19 heteroatoms. The van der Waals surface area contributed by atoms with Crippen LogP contribution in [0.15, 0.2) is 24.9 Å². The van der Waals surface area contributed by atoms with Crippen LogP contribution >= 0.6 is 0 Å². The Balaban J connectivity index is -0.000000185. The van der Waals surface area contributed by atoms with Gasteiger partial charge in [0.15, 0.2) is 0 Å². The van der Waals surface area contributed by atoms with Gasteiger partial charge >= 0.3 is 0 Å². The van der Waals surface area contributed by atoms with E-state index in [4.69, 9.17) is 9.84 Å². The summed E-state index contributed by atoms with van der Waals surface area (Å²) in [5, 5.41) is 17.2. The zero-order chi connectivity index (χ0) is 62.0. The third-order valence-electron chi connectivity index (χ3n) is 12.3. The Morgan fingerprint density at radius 2 is 1.14 bits per heavy atom. The fraction of sp³-hybridized carbons (Fsp3) is 0.850. The molecule has 0 aliphatic carbocycles. The molecular weight excluding hydrogens is 999 g/mol. The first kappa shape index (κ1) is 86.7. The highest BCUT2D eigenvalue weighted by molar-refractivity contribution is 5.73. The van der Waals surface area contributed by atoms with Crippen LogP contribution in [0.5, 0.6) is 0 Å². The standard InChI is InChI=1S/C7H16N2.C7H15N.C6H14N2.C6H11NO.C6H12O.2C5H8N2.C4H9NO.C4H11N.C3H7NO.C3H8O.C2H6O.C2H6/c1-3-9-6-4-8(2)5-7-9;1-7-3-5-8(2)6-4-7;1-2-8-5-3-7-4-6-8;1-6(8)7-4-2-3-5-7;1-6-2-4-7-5-3-6;1-5-3-7(2)4-6-5;1-5-3-6-7(2)4-5;1-4(6)5(2)3;1-4-5(2)3;1-3(5)4-2;1-3-4-2;1-2-3;1-2/h3-7H2,1-2H3;7H,3-6H2,1-2H3;7H,2-6H2,1H3;2-5H2,1H3;6H,2-5H2,1H3;2*3-4H,1-2H3;1-3H3;4H2,1-3H3;1-2H3,(H,4,5);3H2,1-2H3;3H,2H2,1H3;1-2H3. The van der Waals surface area contributed by atoms with Gasteiger partial charge in [0.2, 0.25) is 17.7 Å². The van der Waals surface area contributed by atoms with Gasteiger partial charge < -0.3 is 64.1 Å². The Bertz CT molecular complexity index is 1450. The van der Waals surface area contributed by atoms with Gasteiger partial charge in [0.1, 0.15) is 0 Å². The zero-order valence-electron chi connectivity index (χ0n) is 56.0. The maximum absolute atomic E-state index is 10.6. The molecule has 2 aromatic rings. The lowest BCUT2D eigenvalue weighted by Gasteiger charge is -2.31. The van der Waals surface area contributed by atoms with Gasteiger partial charge in [-0.15, -0.1) is 0 Å². The van der Waals surface area contributed by atoms with Crippen molar-refractivity contribution in [1.29, 1.82) is 0 Å². The number of piperidine rings is 1. The molecule has 0 radical (unpaired) electrons. The molecule has 5 saturated heterocycles. The number of aliphatic hydroxyl groups is 1. The molecule has 7 heterocycles. The number of amides is 3. The highest BCUT2D eigenvalue weighted by Crippen LogP contribution is 2.14. The molecule has 0 aromatic carbocycles. The number of carbonyl (C=O) groups is 3. The third-order valence-corrected chi connectivity index (χ3v) is 12.3. The van der Waals surface area contributed by atoms with E-state index >= 15 is 0 Å². The first-order chi connectivity index (χ1) is 37.3. The van der Waals surface area contributed by atoms with E-state index in [0.29, 0.717) is 0 Å². The minimum absolute atomic E-state index is 0.00463. The van der Waals surface area contributed by atoms with Gasteiger partial charge in [-0.25, -0.2) is 4.98 Å². The van der Waals surface area contributed by atoms with Crippen LogP contribution in [-0.2, 0) is 38.0 Å². The van der Waals surface area contributed by atoms with Crippen molar-refractivity contribution in [3.05, 3.63) is 36.2 Å². The predicted octanol–water partition coefficient (Wildman–Crippen LogP) is 7.12. The molecule has 0 atom stereocenters.